The van der Waals surface area contributed by atoms with Crippen LogP contribution in [0.25, 0.3) is 0 Å². The third kappa shape index (κ3) is 2.30. The zero-order valence-corrected chi connectivity index (χ0v) is 12.1. The van der Waals surface area contributed by atoms with Gasteiger partial charge in [-0.3, -0.25) is 29.4 Å². The molecule has 0 saturated heterocycles. The van der Waals surface area contributed by atoms with E-state index in [0.717, 1.165) is 17.0 Å². The molecule has 0 unspecified atom stereocenters. The highest BCUT2D eigenvalue weighted by Crippen LogP contribution is 2.26. The number of rotatable bonds is 4. The fourth-order valence-electron chi connectivity index (χ4n) is 2.51. The van der Waals surface area contributed by atoms with Gasteiger partial charge in [-0.2, -0.15) is 0 Å². The van der Waals surface area contributed by atoms with E-state index < -0.39 is 23.3 Å². The quantitative estimate of drug-likeness (QED) is 0.367. The van der Waals surface area contributed by atoms with Crippen LogP contribution < -0.4 is 0 Å². The van der Waals surface area contributed by atoms with Gasteiger partial charge in [0.1, 0.15) is 0 Å². The van der Waals surface area contributed by atoms with Gasteiger partial charge in [0.15, 0.2) is 5.78 Å². The molecule has 0 radical (unpaired) electrons. The van der Waals surface area contributed by atoms with Gasteiger partial charge in [-0.1, -0.05) is 0 Å². The highest BCUT2D eigenvalue weighted by Gasteiger charge is 2.38. The van der Waals surface area contributed by atoms with Crippen LogP contribution in [-0.2, 0) is 7.05 Å². The molecule has 23 heavy (non-hydrogen) atoms. The first-order valence-corrected chi connectivity index (χ1v) is 6.69. The van der Waals surface area contributed by atoms with Gasteiger partial charge in [-0.25, -0.2) is 0 Å². The number of amides is 2. The predicted octanol–water partition coefficient (Wildman–Crippen LogP) is 1.41. The molecular formula is C15H11N3O5. The average Bonchev–Trinajstić information content (AvgIpc) is 3.04. The van der Waals surface area contributed by atoms with Crippen LogP contribution in [0.15, 0.2) is 36.5 Å². The Labute approximate surface area is 130 Å². The number of Topliss-reactive ketones (excluding diaryl/α,β-unsaturated/α-hetero) is 1. The van der Waals surface area contributed by atoms with E-state index in [1.165, 1.54) is 6.07 Å². The second kappa shape index (κ2) is 5.16. The molecule has 1 aliphatic heterocycles. The lowest BCUT2D eigenvalue weighted by molar-refractivity contribution is -0.384. The molecule has 0 atom stereocenters. The molecule has 0 fully saturated rings. The van der Waals surface area contributed by atoms with Crippen LogP contribution in [-0.4, -0.2) is 38.5 Å². The fraction of sp³-hybridized carbons (Fsp3) is 0.133. The van der Waals surface area contributed by atoms with Crippen LogP contribution in [0.2, 0.25) is 0 Å². The molecule has 0 saturated carbocycles. The van der Waals surface area contributed by atoms with Crippen LogP contribution in [0.5, 0.6) is 0 Å². The Bertz CT molecular complexity index is 868. The van der Waals surface area contributed by atoms with Crippen molar-refractivity contribution in [2.24, 2.45) is 7.05 Å². The van der Waals surface area contributed by atoms with Crippen molar-refractivity contribution in [2.45, 2.75) is 0 Å². The van der Waals surface area contributed by atoms with Gasteiger partial charge < -0.3 is 4.57 Å². The molecule has 2 aromatic rings. The number of fused-ring (bicyclic) bond motifs is 1. The number of nitrogens with zero attached hydrogens (tertiary/aromatic N) is 3. The number of non-ortho nitro benzene ring substituents is 1. The molecule has 0 aliphatic carbocycles. The summed E-state index contributed by atoms with van der Waals surface area (Å²) in [5.74, 6) is -1.71. The Morgan fingerprint density at radius 3 is 2.48 bits per heavy atom. The number of benzene rings is 1. The summed E-state index contributed by atoms with van der Waals surface area (Å²) in [6.07, 6.45) is 1.68. The minimum absolute atomic E-state index is 0.0520. The minimum Gasteiger partial charge on any atom is -0.348 e. The van der Waals surface area contributed by atoms with E-state index in [4.69, 9.17) is 0 Å². The number of ketones is 1. The van der Waals surface area contributed by atoms with Crippen molar-refractivity contribution >= 4 is 23.3 Å². The smallest absolute Gasteiger partial charge is 0.270 e. The molecule has 1 aromatic heterocycles. The first kappa shape index (κ1) is 14.6. The standard InChI is InChI=1S/C15H11N3O5/c1-16-6-2-3-12(16)13(19)8-17-14(20)10-5-4-9(18(22)23)7-11(10)15(17)21/h2-7H,8H2,1H3. The predicted molar refractivity (Wildman–Crippen MR) is 78.2 cm³/mol. The lowest BCUT2D eigenvalue weighted by Crippen LogP contribution is -2.35. The van der Waals surface area contributed by atoms with Gasteiger partial charge in [0.05, 0.1) is 28.3 Å². The molecule has 2 heterocycles. The van der Waals surface area contributed by atoms with E-state index in [2.05, 4.69) is 0 Å². The average molecular weight is 313 g/mol. The molecule has 8 heteroatoms. The Morgan fingerprint density at radius 2 is 1.87 bits per heavy atom. The Balaban J connectivity index is 1.90. The zero-order chi connectivity index (χ0) is 16.7. The van der Waals surface area contributed by atoms with Gasteiger partial charge >= 0.3 is 0 Å². The lowest BCUT2D eigenvalue weighted by atomic mass is 10.1. The largest absolute Gasteiger partial charge is 0.348 e. The van der Waals surface area contributed by atoms with Crippen molar-refractivity contribution in [3.05, 3.63) is 63.5 Å². The van der Waals surface area contributed by atoms with Gasteiger partial charge in [0.2, 0.25) is 0 Å². The summed E-state index contributed by atoms with van der Waals surface area (Å²) in [6, 6.07) is 6.72. The van der Waals surface area contributed by atoms with Crippen LogP contribution in [0, 0.1) is 10.1 Å². The first-order valence-electron chi connectivity index (χ1n) is 6.69. The van der Waals surface area contributed by atoms with Crippen LogP contribution in [0.3, 0.4) is 0 Å². The summed E-state index contributed by atoms with van der Waals surface area (Å²) in [4.78, 5) is 47.7. The molecule has 0 spiro atoms. The van der Waals surface area contributed by atoms with Gasteiger partial charge in [-0.15, -0.1) is 0 Å². The summed E-state index contributed by atoms with van der Waals surface area (Å²) in [7, 11) is 1.68. The summed E-state index contributed by atoms with van der Waals surface area (Å²) in [5, 5.41) is 10.8. The summed E-state index contributed by atoms with van der Waals surface area (Å²) in [5.41, 5.74) is 0.109. The molecular weight excluding hydrogens is 302 g/mol. The van der Waals surface area contributed by atoms with Crippen molar-refractivity contribution in [1.29, 1.82) is 0 Å². The number of carbonyl (C=O) groups excluding carboxylic acids is 3. The summed E-state index contributed by atoms with van der Waals surface area (Å²) < 4.78 is 1.59. The fourth-order valence-corrected chi connectivity index (χ4v) is 2.51. The molecule has 0 N–H and O–H groups in total. The van der Waals surface area contributed by atoms with E-state index in [0.29, 0.717) is 5.69 Å². The van der Waals surface area contributed by atoms with Crippen molar-refractivity contribution in [3.63, 3.8) is 0 Å². The van der Waals surface area contributed by atoms with E-state index in [1.54, 1.807) is 29.9 Å². The number of hydrogen-bond donors (Lipinski definition) is 0. The second-order valence-electron chi connectivity index (χ2n) is 5.11. The number of aromatic nitrogens is 1. The van der Waals surface area contributed by atoms with Crippen LogP contribution >= 0.6 is 0 Å². The Kier molecular flexibility index (Phi) is 3.29. The molecule has 0 bridgehead atoms. The van der Waals surface area contributed by atoms with E-state index in [1.807, 2.05) is 0 Å². The van der Waals surface area contributed by atoms with Crippen molar-refractivity contribution in [2.75, 3.05) is 6.54 Å². The highest BCUT2D eigenvalue weighted by atomic mass is 16.6. The number of imide groups is 1. The maximum Gasteiger partial charge on any atom is 0.270 e. The monoisotopic (exact) mass is 313 g/mol. The van der Waals surface area contributed by atoms with Gasteiger partial charge in [0.25, 0.3) is 17.5 Å². The third-order valence-corrected chi connectivity index (χ3v) is 3.70. The summed E-state index contributed by atoms with van der Waals surface area (Å²) >= 11 is 0. The van der Waals surface area contributed by atoms with Gasteiger partial charge in [-0.05, 0) is 18.2 Å². The molecule has 1 aromatic carbocycles. The number of nitro benzene ring substituents is 1. The van der Waals surface area contributed by atoms with Crippen LogP contribution in [0.1, 0.15) is 31.2 Å². The van der Waals surface area contributed by atoms with E-state index in [-0.39, 0.29) is 22.6 Å². The maximum absolute atomic E-state index is 12.3. The molecule has 8 nitrogen and oxygen atoms in total. The Hall–Kier alpha value is -3.29. The van der Waals surface area contributed by atoms with E-state index in [9.17, 15) is 24.5 Å². The molecule has 116 valence electrons. The number of aryl methyl sites for hydroxylation is 1. The normalized spacial score (nSPS) is 13.3. The number of nitro groups is 1. The second-order valence-corrected chi connectivity index (χ2v) is 5.11. The topological polar surface area (TPSA) is 103 Å². The van der Waals surface area contributed by atoms with Crippen LogP contribution in [0.4, 0.5) is 5.69 Å². The maximum atomic E-state index is 12.3. The summed E-state index contributed by atoms with van der Waals surface area (Å²) in [6.45, 7) is -0.405. The van der Waals surface area contributed by atoms with Crippen molar-refractivity contribution in [1.82, 2.24) is 9.47 Å². The van der Waals surface area contributed by atoms with Crippen molar-refractivity contribution < 1.29 is 19.3 Å². The molecule has 2 amide bonds. The molecule has 1 aliphatic rings. The minimum atomic E-state index is -0.698. The zero-order valence-electron chi connectivity index (χ0n) is 12.1. The SMILES string of the molecule is Cn1cccc1C(=O)CN1C(=O)c2ccc([N+](=O)[O-])cc2C1=O. The first-order chi connectivity index (χ1) is 10.9. The van der Waals surface area contributed by atoms with Gasteiger partial charge in [0, 0.05) is 25.4 Å². The van der Waals surface area contributed by atoms with E-state index >= 15 is 0 Å². The lowest BCUT2D eigenvalue weighted by Gasteiger charge is -2.12. The third-order valence-electron chi connectivity index (χ3n) is 3.70. The Morgan fingerprint density at radius 1 is 1.17 bits per heavy atom. The van der Waals surface area contributed by atoms with Crippen molar-refractivity contribution in [3.8, 4) is 0 Å². The molecule has 3 rings (SSSR count). The number of carbonyl (C=O) groups is 3. The highest BCUT2D eigenvalue weighted by molar-refractivity contribution is 6.23. The number of hydrogen-bond acceptors (Lipinski definition) is 5.